The summed E-state index contributed by atoms with van der Waals surface area (Å²) in [5.74, 6) is -0.505. The van der Waals surface area contributed by atoms with Gasteiger partial charge in [-0.2, -0.15) is 0 Å². The number of para-hydroxylation sites is 1. The molecule has 154 valence electrons. The second-order valence-electron chi connectivity index (χ2n) is 6.66. The Bertz CT molecular complexity index is 1220. The van der Waals surface area contributed by atoms with E-state index < -0.39 is 20.9 Å². The van der Waals surface area contributed by atoms with Gasteiger partial charge in [-0.3, -0.25) is 19.6 Å². The molecule has 9 heteroatoms. The maximum atomic E-state index is 12.6. The molecule has 3 rings (SSSR count). The molecule has 1 amide bonds. The zero-order valence-electron chi connectivity index (χ0n) is 16.2. The van der Waals surface area contributed by atoms with E-state index in [1.807, 2.05) is 6.07 Å². The van der Waals surface area contributed by atoms with E-state index in [0.29, 0.717) is 16.9 Å². The van der Waals surface area contributed by atoms with Gasteiger partial charge < -0.3 is 5.32 Å². The van der Waals surface area contributed by atoms with Crippen LogP contribution >= 0.6 is 0 Å². The summed E-state index contributed by atoms with van der Waals surface area (Å²) in [6.07, 6.45) is 0. The van der Waals surface area contributed by atoms with Crippen molar-refractivity contribution >= 4 is 33.0 Å². The van der Waals surface area contributed by atoms with Crippen LogP contribution in [-0.2, 0) is 10.0 Å². The van der Waals surface area contributed by atoms with Gasteiger partial charge >= 0.3 is 0 Å². The Kier molecular flexibility index (Phi) is 5.84. The van der Waals surface area contributed by atoms with Crippen molar-refractivity contribution < 1.29 is 18.1 Å². The van der Waals surface area contributed by atoms with Crippen molar-refractivity contribution in [2.45, 2.75) is 18.7 Å². The Morgan fingerprint density at radius 2 is 1.53 bits per heavy atom. The highest BCUT2D eigenvalue weighted by atomic mass is 32.2. The molecule has 0 aliphatic rings. The van der Waals surface area contributed by atoms with Gasteiger partial charge in [-0.15, -0.1) is 0 Å². The minimum absolute atomic E-state index is 0.00818. The fourth-order valence-electron chi connectivity index (χ4n) is 2.73. The normalized spacial score (nSPS) is 11.0. The Morgan fingerprint density at radius 1 is 0.900 bits per heavy atom. The van der Waals surface area contributed by atoms with Crippen molar-refractivity contribution in [3.63, 3.8) is 0 Å². The number of non-ortho nitro benzene ring substituents is 1. The van der Waals surface area contributed by atoms with Crippen molar-refractivity contribution in [3.05, 3.63) is 93.5 Å². The van der Waals surface area contributed by atoms with Crippen LogP contribution < -0.4 is 10.0 Å². The molecule has 3 aromatic rings. The van der Waals surface area contributed by atoms with E-state index in [1.54, 1.807) is 38.1 Å². The van der Waals surface area contributed by atoms with Crippen molar-refractivity contribution in [2.24, 2.45) is 0 Å². The predicted molar refractivity (Wildman–Crippen MR) is 114 cm³/mol. The Morgan fingerprint density at radius 3 is 2.17 bits per heavy atom. The van der Waals surface area contributed by atoms with E-state index in [-0.39, 0.29) is 16.1 Å². The number of nitro benzene ring substituents is 1. The summed E-state index contributed by atoms with van der Waals surface area (Å²) in [6.45, 7) is 3.51. The number of amides is 1. The topological polar surface area (TPSA) is 118 Å². The highest BCUT2D eigenvalue weighted by Crippen LogP contribution is 2.23. The monoisotopic (exact) mass is 425 g/mol. The summed E-state index contributed by atoms with van der Waals surface area (Å²) in [5.41, 5.74) is 2.31. The van der Waals surface area contributed by atoms with Gasteiger partial charge in [0.15, 0.2) is 0 Å². The smallest absolute Gasteiger partial charge is 0.271 e. The van der Waals surface area contributed by atoms with E-state index in [0.717, 1.165) is 5.56 Å². The SMILES string of the molecule is Cc1ccc([N+](=O)[O-])cc1NC(=O)c1ccc(S(=O)(=O)Nc2ccccc2C)cc1. The van der Waals surface area contributed by atoms with Crippen LogP contribution in [0.4, 0.5) is 17.1 Å². The second kappa shape index (κ2) is 8.34. The summed E-state index contributed by atoms with van der Waals surface area (Å²) in [7, 11) is -3.82. The van der Waals surface area contributed by atoms with E-state index in [4.69, 9.17) is 0 Å². The minimum atomic E-state index is -3.82. The molecule has 0 radical (unpaired) electrons. The Labute approximate surface area is 173 Å². The number of rotatable bonds is 6. The summed E-state index contributed by atoms with van der Waals surface area (Å²) in [4.78, 5) is 22.9. The summed E-state index contributed by atoms with van der Waals surface area (Å²) in [5, 5.41) is 13.6. The highest BCUT2D eigenvalue weighted by molar-refractivity contribution is 7.92. The number of nitro groups is 1. The van der Waals surface area contributed by atoms with Crippen molar-refractivity contribution in [3.8, 4) is 0 Å². The van der Waals surface area contributed by atoms with Gasteiger partial charge in [0.25, 0.3) is 21.6 Å². The van der Waals surface area contributed by atoms with Crippen LogP contribution in [0.1, 0.15) is 21.5 Å². The third-order valence-corrected chi connectivity index (χ3v) is 5.88. The summed E-state index contributed by atoms with van der Waals surface area (Å²) >= 11 is 0. The summed E-state index contributed by atoms with van der Waals surface area (Å²) < 4.78 is 27.7. The molecule has 3 aromatic carbocycles. The number of benzene rings is 3. The van der Waals surface area contributed by atoms with E-state index in [1.165, 1.54) is 36.4 Å². The van der Waals surface area contributed by atoms with Crippen molar-refractivity contribution in [1.82, 2.24) is 0 Å². The number of hydrogen-bond acceptors (Lipinski definition) is 5. The molecular weight excluding hydrogens is 406 g/mol. The second-order valence-corrected chi connectivity index (χ2v) is 8.34. The number of carbonyl (C=O) groups excluding carboxylic acids is 1. The standard InChI is InChI=1S/C21H19N3O5S/c1-14-5-3-4-6-19(14)23-30(28,29)18-11-8-16(9-12-18)21(25)22-20-13-17(24(26)27)10-7-15(20)2/h3-13,23H,1-2H3,(H,22,25). The lowest BCUT2D eigenvalue weighted by Crippen LogP contribution is -2.15. The molecule has 0 fully saturated rings. The molecule has 0 saturated carbocycles. The van der Waals surface area contributed by atoms with E-state index >= 15 is 0 Å². The molecule has 0 aliphatic carbocycles. The molecule has 0 bridgehead atoms. The maximum Gasteiger partial charge on any atom is 0.271 e. The average Bonchev–Trinajstić information content (AvgIpc) is 2.71. The van der Waals surface area contributed by atoms with Crippen LogP contribution in [0.15, 0.2) is 71.6 Å². The molecule has 0 unspecified atom stereocenters. The third-order valence-electron chi connectivity index (χ3n) is 4.50. The third kappa shape index (κ3) is 4.64. The van der Waals surface area contributed by atoms with Crippen LogP contribution in [0.5, 0.6) is 0 Å². The fraction of sp³-hybridized carbons (Fsp3) is 0.0952. The van der Waals surface area contributed by atoms with Gasteiger partial charge in [0.05, 0.1) is 21.2 Å². The van der Waals surface area contributed by atoms with Gasteiger partial charge in [-0.1, -0.05) is 24.3 Å². The number of anilines is 2. The van der Waals surface area contributed by atoms with Crippen LogP contribution in [0, 0.1) is 24.0 Å². The maximum absolute atomic E-state index is 12.6. The van der Waals surface area contributed by atoms with E-state index in [2.05, 4.69) is 10.0 Å². The first-order valence-electron chi connectivity index (χ1n) is 8.92. The minimum Gasteiger partial charge on any atom is -0.321 e. The molecule has 0 heterocycles. The number of nitrogens with zero attached hydrogens (tertiary/aromatic N) is 1. The lowest BCUT2D eigenvalue weighted by atomic mass is 10.1. The van der Waals surface area contributed by atoms with Crippen molar-refractivity contribution in [1.29, 1.82) is 0 Å². The number of carbonyl (C=O) groups is 1. The lowest BCUT2D eigenvalue weighted by molar-refractivity contribution is -0.384. The number of hydrogen-bond donors (Lipinski definition) is 2. The Hall–Kier alpha value is -3.72. The van der Waals surface area contributed by atoms with Gasteiger partial charge in [0.1, 0.15) is 0 Å². The van der Waals surface area contributed by atoms with Crippen molar-refractivity contribution in [2.75, 3.05) is 10.0 Å². The molecular formula is C21H19N3O5S. The zero-order valence-corrected chi connectivity index (χ0v) is 17.1. The number of nitrogens with one attached hydrogen (secondary N) is 2. The highest BCUT2D eigenvalue weighted by Gasteiger charge is 2.17. The van der Waals surface area contributed by atoms with E-state index in [9.17, 15) is 23.3 Å². The molecule has 8 nitrogen and oxygen atoms in total. The fourth-order valence-corrected chi connectivity index (χ4v) is 3.86. The zero-order chi connectivity index (χ0) is 21.9. The molecule has 30 heavy (non-hydrogen) atoms. The first-order chi connectivity index (χ1) is 14.2. The molecule has 2 N–H and O–H groups in total. The Balaban J connectivity index is 1.78. The molecule has 0 atom stereocenters. The van der Waals surface area contributed by atoms with Crippen LogP contribution in [0.3, 0.4) is 0 Å². The first kappa shape index (κ1) is 21.0. The number of aryl methyl sites for hydroxylation is 2. The molecule has 0 saturated heterocycles. The largest absolute Gasteiger partial charge is 0.321 e. The lowest BCUT2D eigenvalue weighted by Gasteiger charge is -2.11. The quantitative estimate of drug-likeness (QED) is 0.452. The van der Waals surface area contributed by atoms with Crippen LogP contribution in [0.25, 0.3) is 0 Å². The predicted octanol–water partition coefficient (Wildman–Crippen LogP) is 4.26. The van der Waals surface area contributed by atoms with Gasteiger partial charge in [0.2, 0.25) is 0 Å². The van der Waals surface area contributed by atoms with Gasteiger partial charge in [-0.25, -0.2) is 8.42 Å². The number of sulfonamides is 1. The van der Waals surface area contributed by atoms with Gasteiger partial charge in [0, 0.05) is 17.7 Å². The average molecular weight is 425 g/mol. The summed E-state index contributed by atoms with van der Waals surface area (Å²) in [6, 6.07) is 16.6. The molecule has 0 spiro atoms. The van der Waals surface area contributed by atoms with Crippen LogP contribution in [0.2, 0.25) is 0 Å². The van der Waals surface area contributed by atoms with Crippen LogP contribution in [-0.4, -0.2) is 19.2 Å². The first-order valence-corrected chi connectivity index (χ1v) is 10.4. The molecule has 0 aliphatic heterocycles. The molecule has 0 aromatic heterocycles. The van der Waals surface area contributed by atoms with Gasteiger partial charge in [-0.05, 0) is 55.3 Å².